The summed E-state index contributed by atoms with van der Waals surface area (Å²) in [6.07, 6.45) is 0. The lowest BCUT2D eigenvalue weighted by atomic mass is 10.4. The summed E-state index contributed by atoms with van der Waals surface area (Å²) in [7, 11) is 0. The van der Waals surface area contributed by atoms with Crippen molar-refractivity contribution in [3.8, 4) is 0 Å². The largest absolute Gasteiger partial charge is 0.334 e. The molecule has 0 aliphatic heterocycles. The molecule has 0 aromatic carbocycles. The van der Waals surface area contributed by atoms with Gasteiger partial charge in [0.2, 0.25) is 5.28 Å². The van der Waals surface area contributed by atoms with Crippen LogP contribution in [-0.2, 0) is 0 Å². The molecule has 0 aliphatic rings. The average Bonchev–Trinajstić information content (AvgIpc) is 1.77. The lowest BCUT2D eigenvalue weighted by Gasteiger charge is -2.27. The molecule has 0 aromatic rings. The fourth-order valence-corrected chi connectivity index (χ4v) is 4.61. The Morgan fingerprint density at radius 2 is 1.33 bits per heavy atom. The summed E-state index contributed by atoms with van der Waals surface area (Å²) < 4.78 is 3.41. The Morgan fingerprint density at radius 3 is 1.53 bits per heavy atom. The maximum absolute atomic E-state index is 6.12. The van der Waals surface area contributed by atoms with Gasteiger partial charge in [0.15, 0.2) is 5.76 Å². The lowest BCUT2D eigenvalue weighted by Crippen LogP contribution is -2.15. The first-order chi connectivity index (χ1) is 6.21. The minimum absolute atomic E-state index is 0.840. The van der Waals surface area contributed by atoms with Crippen LogP contribution in [0.5, 0.6) is 0 Å². The van der Waals surface area contributed by atoms with Gasteiger partial charge in [0, 0.05) is 0 Å². The van der Waals surface area contributed by atoms with Gasteiger partial charge < -0.3 is 0 Å². The molecule has 0 radical (unpaired) electrons. The van der Waals surface area contributed by atoms with Crippen LogP contribution in [0.3, 0.4) is 0 Å². The monoisotopic (exact) mass is 370 g/mol. The zero-order valence-corrected chi connectivity index (χ0v) is 14.9. The predicted molar refractivity (Wildman–Crippen MR) is 79.5 cm³/mol. The van der Waals surface area contributed by atoms with Crippen molar-refractivity contribution >= 4 is 78.9 Å². The first-order valence-electron chi connectivity index (χ1n) is 3.90. The molecule has 0 heterocycles. The molecule has 0 fully saturated rings. The highest BCUT2D eigenvalue weighted by Gasteiger charge is 2.54. The average molecular weight is 373 g/mol. The smallest absolute Gasteiger partial charge is 0.223 e. The van der Waals surface area contributed by atoms with Crippen LogP contribution in [0.15, 0.2) is 4.74 Å². The first kappa shape index (κ1) is 17.4. The van der Waals surface area contributed by atoms with Gasteiger partial charge in [-0.05, 0) is 27.7 Å². The first-order valence-corrected chi connectivity index (χ1v) is 12.3. The van der Waals surface area contributed by atoms with E-state index in [1.54, 1.807) is 27.7 Å². The third kappa shape index (κ3) is 4.88. The second-order valence-electron chi connectivity index (χ2n) is 3.93. The van der Waals surface area contributed by atoms with Crippen molar-refractivity contribution in [3.63, 3.8) is 0 Å². The highest BCUT2D eigenvalue weighted by molar-refractivity contribution is 8.33. The Labute approximate surface area is 120 Å². The molecule has 0 unspecified atom stereocenters. The summed E-state index contributed by atoms with van der Waals surface area (Å²) in [5, 5.41) is -3.62. The molecule has 0 rings (SSSR count). The highest BCUT2D eigenvalue weighted by Crippen LogP contribution is 2.85. The van der Waals surface area contributed by atoms with E-state index in [4.69, 9.17) is 67.8 Å². The minimum atomic E-state index is -2.74. The molecule has 9 heteroatoms. The Bertz CT molecular complexity index is 283. The van der Waals surface area contributed by atoms with Gasteiger partial charge in [-0.2, -0.15) is 0 Å². The van der Waals surface area contributed by atoms with E-state index in [0.717, 1.165) is 0 Å². The van der Waals surface area contributed by atoms with Gasteiger partial charge in [-0.15, -0.1) is 11.6 Å². The van der Waals surface area contributed by atoms with Gasteiger partial charge in [-0.25, -0.2) is 4.74 Å². The molecule has 0 spiro atoms. The van der Waals surface area contributed by atoms with Crippen molar-refractivity contribution in [2.45, 2.75) is 37.6 Å². The maximum atomic E-state index is 6.12. The van der Waals surface area contributed by atoms with Gasteiger partial charge in [0.1, 0.15) is 33.7 Å². The fraction of sp³-hybridized carbons (Fsp3) is 1.00. The van der Waals surface area contributed by atoms with E-state index in [1.165, 1.54) is 0 Å². The van der Waals surface area contributed by atoms with Crippen molar-refractivity contribution in [2.24, 2.45) is 4.74 Å². The van der Waals surface area contributed by atoms with Crippen LogP contribution < -0.4 is 0 Å². The summed E-state index contributed by atoms with van der Waals surface area (Å²) >= 11 is 36.0. The standard InChI is InChI=1S/C6H12Cl6NP2/c1-5(2,7)15(11,12)13-6(3,4)14(8,9)10/h1-4H3/q+1. The van der Waals surface area contributed by atoms with Crippen LogP contribution in [0.4, 0.5) is 0 Å². The summed E-state index contributed by atoms with van der Waals surface area (Å²) in [5.74, 6) is -2.74. The number of hydrogen-bond acceptors (Lipinski definition) is 1. The van der Waals surface area contributed by atoms with Crippen molar-refractivity contribution in [3.05, 3.63) is 0 Å². The van der Waals surface area contributed by atoms with E-state index in [0.29, 0.717) is 0 Å². The lowest BCUT2D eigenvalue weighted by molar-refractivity contribution is 0.760. The fourth-order valence-electron chi connectivity index (χ4n) is 0.477. The van der Waals surface area contributed by atoms with Crippen molar-refractivity contribution in [2.75, 3.05) is 0 Å². The molecule has 92 valence electrons. The molecule has 0 aromatic heterocycles. The topological polar surface area (TPSA) is 12.4 Å². The number of rotatable bonds is 3. The molecule has 15 heavy (non-hydrogen) atoms. The van der Waals surface area contributed by atoms with Crippen LogP contribution in [-0.4, -0.2) is 9.90 Å². The Kier molecular flexibility index (Phi) is 6.01. The number of hydrogen-bond donors (Lipinski definition) is 0. The zero-order chi connectivity index (χ0) is 12.7. The molecule has 1 nitrogen and oxygen atoms in total. The predicted octanol–water partition coefficient (Wildman–Crippen LogP) is 7.69. The highest BCUT2D eigenvalue weighted by atomic mass is 36.1. The maximum Gasteiger partial charge on any atom is 0.334 e. The van der Waals surface area contributed by atoms with Gasteiger partial charge in [-0.3, -0.25) is 0 Å². The van der Waals surface area contributed by atoms with Crippen molar-refractivity contribution < 1.29 is 0 Å². The van der Waals surface area contributed by atoms with Crippen LogP contribution in [0.25, 0.3) is 0 Å². The number of nitrogens with zero attached hydrogens (tertiary/aromatic N) is 1. The number of alkyl halides is 1. The Hall–Kier alpha value is 2.40. The molecule has 0 aliphatic carbocycles. The molecular weight excluding hydrogens is 361 g/mol. The quantitative estimate of drug-likeness (QED) is 0.355. The van der Waals surface area contributed by atoms with E-state index < -0.39 is 21.0 Å². The van der Waals surface area contributed by atoms with Gasteiger partial charge in [0.25, 0.3) is 0 Å². The normalized spacial score (nSPS) is 15.3. The molecule has 0 amide bonds. The summed E-state index contributed by atoms with van der Waals surface area (Å²) in [6, 6.07) is 0. The van der Waals surface area contributed by atoms with E-state index >= 15 is 0 Å². The molecule has 0 saturated heterocycles. The van der Waals surface area contributed by atoms with Crippen LogP contribution >= 0.6 is 78.9 Å². The molecular formula is C6H12Cl6NP2+. The van der Waals surface area contributed by atoms with E-state index in [1.807, 2.05) is 0 Å². The second kappa shape index (κ2) is 5.18. The summed E-state index contributed by atoms with van der Waals surface area (Å²) in [4.78, 5) is 0. The van der Waals surface area contributed by atoms with Crippen molar-refractivity contribution in [1.29, 1.82) is 0 Å². The minimum Gasteiger partial charge on any atom is -0.223 e. The molecule has 0 atom stereocenters. The van der Waals surface area contributed by atoms with Crippen LogP contribution in [0.1, 0.15) is 27.7 Å². The van der Waals surface area contributed by atoms with Gasteiger partial charge in [0.05, 0.1) is 4.62 Å². The van der Waals surface area contributed by atoms with Crippen molar-refractivity contribution in [1.82, 2.24) is 0 Å². The Balaban J connectivity index is 5.41. The SMILES string of the molecule is CC(C)(Cl)P(Cl)(Cl)=NC(C)(C)[P+](Cl)(Cl)Cl. The van der Waals surface area contributed by atoms with Crippen LogP contribution in [0, 0.1) is 0 Å². The molecule has 0 saturated carbocycles. The van der Waals surface area contributed by atoms with Gasteiger partial charge >= 0.3 is 5.32 Å². The second-order valence-corrected chi connectivity index (χ2v) is 19.0. The van der Waals surface area contributed by atoms with E-state index in [9.17, 15) is 0 Å². The van der Waals surface area contributed by atoms with E-state index in [2.05, 4.69) is 4.74 Å². The van der Waals surface area contributed by atoms with Gasteiger partial charge in [-0.1, -0.05) is 22.5 Å². The third-order valence-corrected chi connectivity index (χ3v) is 13.1. The summed E-state index contributed by atoms with van der Waals surface area (Å²) in [5.41, 5.74) is 0. The molecule has 0 N–H and O–H groups in total. The molecule has 0 bridgehead atoms. The third-order valence-electron chi connectivity index (χ3n) is 1.63. The Morgan fingerprint density at radius 1 is 1.00 bits per heavy atom. The van der Waals surface area contributed by atoms with Crippen LogP contribution in [0.2, 0.25) is 0 Å². The van der Waals surface area contributed by atoms with E-state index in [-0.39, 0.29) is 0 Å². The zero-order valence-electron chi connectivity index (χ0n) is 8.61. The number of halogens is 6. The summed E-state index contributed by atoms with van der Waals surface area (Å²) in [6.45, 7) is 6.77.